The molecule has 3 aliphatic carbocycles. The minimum atomic E-state index is -2.94. The molecule has 0 unspecified atom stereocenters. The number of aromatic nitrogens is 3. The first-order chi connectivity index (χ1) is 16.1. The van der Waals surface area contributed by atoms with Crippen LogP contribution in [-0.2, 0) is 11.3 Å². The van der Waals surface area contributed by atoms with Gasteiger partial charge in [0.2, 0.25) is 0 Å². The molecule has 0 radical (unpaired) electrons. The maximum Gasteiger partial charge on any atom is 0.387 e. The lowest BCUT2D eigenvalue weighted by Crippen LogP contribution is -2.43. The zero-order valence-electron chi connectivity index (χ0n) is 18.7. The highest BCUT2D eigenvalue weighted by Crippen LogP contribution is 2.64. The lowest BCUT2D eigenvalue weighted by Gasteiger charge is -2.33. The van der Waals surface area contributed by atoms with Gasteiger partial charge < -0.3 is 15.2 Å². The molecule has 4 fully saturated rings. The minimum absolute atomic E-state index is 0.0425. The van der Waals surface area contributed by atoms with Crippen molar-refractivity contribution in [1.82, 2.24) is 19.7 Å². The zero-order chi connectivity index (χ0) is 22.5. The molecule has 2 aromatic heterocycles. The molecule has 178 valence electrons. The summed E-state index contributed by atoms with van der Waals surface area (Å²) < 4.78 is 37.8. The van der Waals surface area contributed by atoms with Crippen LogP contribution in [0.3, 0.4) is 0 Å². The van der Waals surface area contributed by atoms with E-state index in [0.29, 0.717) is 35.3 Å². The quantitative estimate of drug-likeness (QED) is 0.680. The third-order valence-corrected chi connectivity index (χ3v) is 8.18. The molecule has 9 heteroatoms. The second kappa shape index (κ2) is 8.51. The summed E-state index contributed by atoms with van der Waals surface area (Å²) in [4.78, 5) is 6.68. The SMILES string of the molecule is Nc1ncc(-c2cc([C@H]3[C@@H]4C[C@H](N5CCOCC5)C[C@@H]43)n(CC3CCC3)n2)cc1OC(F)F. The number of ether oxygens (including phenoxy) is 2. The second-order valence-electron chi connectivity index (χ2n) is 10.0. The fraction of sp³-hybridized carbons (Fsp3) is 0.667. The monoisotopic (exact) mass is 459 g/mol. The van der Waals surface area contributed by atoms with Crippen molar-refractivity contribution >= 4 is 5.82 Å². The Morgan fingerprint density at radius 3 is 2.58 bits per heavy atom. The fourth-order valence-corrected chi connectivity index (χ4v) is 6.18. The molecule has 1 aliphatic heterocycles. The Morgan fingerprint density at radius 2 is 1.91 bits per heavy atom. The van der Waals surface area contributed by atoms with Crippen molar-refractivity contribution in [3.05, 3.63) is 24.0 Å². The van der Waals surface area contributed by atoms with Gasteiger partial charge >= 0.3 is 6.61 Å². The lowest BCUT2D eigenvalue weighted by atomic mass is 9.85. The summed E-state index contributed by atoms with van der Waals surface area (Å²) in [6, 6.07) is 4.35. The van der Waals surface area contributed by atoms with Crippen LogP contribution in [0, 0.1) is 17.8 Å². The van der Waals surface area contributed by atoms with E-state index in [1.54, 1.807) is 6.20 Å². The molecule has 7 nitrogen and oxygen atoms in total. The molecule has 0 aromatic carbocycles. The van der Waals surface area contributed by atoms with Gasteiger partial charge in [-0.1, -0.05) is 6.42 Å². The maximum absolute atomic E-state index is 12.8. The number of rotatable bonds is 7. The number of morpholine rings is 1. The number of halogens is 2. The zero-order valence-corrected chi connectivity index (χ0v) is 18.7. The first-order valence-electron chi connectivity index (χ1n) is 12.2. The molecule has 1 saturated heterocycles. The van der Waals surface area contributed by atoms with Gasteiger partial charge in [-0.3, -0.25) is 9.58 Å². The highest BCUT2D eigenvalue weighted by Gasteiger charge is 2.58. The smallest absolute Gasteiger partial charge is 0.387 e. The molecule has 3 saturated carbocycles. The van der Waals surface area contributed by atoms with Gasteiger partial charge in [0, 0.05) is 49.0 Å². The minimum Gasteiger partial charge on any atom is -0.431 e. The predicted molar refractivity (Wildman–Crippen MR) is 119 cm³/mol. The van der Waals surface area contributed by atoms with Gasteiger partial charge in [0.05, 0.1) is 18.9 Å². The van der Waals surface area contributed by atoms with Crippen molar-refractivity contribution in [3.8, 4) is 17.0 Å². The first kappa shape index (κ1) is 21.3. The number of alkyl halides is 2. The number of nitrogens with two attached hydrogens (primary N) is 1. The van der Waals surface area contributed by atoms with Crippen LogP contribution in [0.15, 0.2) is 18.3 Å². The molecule has 33 heavy (non-hydrogen) atoms. The fourth-order valence-electron chi connectivity index (χ4n) is 6.18. The standard InChI is InChI=1S/C24H31F2N5O2/c25-24(26)33-21-8-15(12-28-23(21)27)19-11-20(31(29-19)13-14-2-1-3-14)22-17-9-16(10-18(17)22)30-4-6-32-7-5-30/h8,11-12,14,16-18,22,24H,1-7,9-10,13H2,(H2,27,28)/t16-,17+,18-,22-. The number of nitrogens with zero attached hydrogens (tertiary/aromatic N) is 4. The average molecular weight is 460 g/mol. The second-order valence-corrected chi connectivity index (χ2v) is 10.0. The van der Waals surface area contributed by atoms with Crippen LogP contribution >= 0.6 is 0 Å². The van der Waals surface area contributed by atoms with Crippen LogP contribution in [-0.4, -0.2) is 58.6 Å². The molecule has 4 aliphatic rings. The van der Waals surface area contributed by atoms with Gasteiger partial charge in [0.15, 0.2) is 11.6 Å². The molecule has 4 atom stereocenters. The van der Waals surface area contributed by atoms with Crippen LogP contribution in [0.5, 0.6) is 5.75 Å². The number of nitrogen functional groups attached to an aromatic ring is 1. The van der Waals surface area contributed by atoms with Crippen LogP contribution in [0.25, 0.3) is 11.3 Å². The van der Waals surface area contributed by atoms with Gasteiger partial charge in [0.1, 0.15) is 0 Å². The molecule has 6 rings (SSSR count). The Balaban J connectivity index is 1.23. The maximum atomic E-state index is 12.8. The highest BCUT2D eigenvalue weighted by molar-refractivity contribution is 5.64. The molecule has 2 N–H and O–H groups in total. The van der Waals surface area contributed by atoms with Crippen LogP contribution in [0.1, 0.15) is 43.7 Å². The Morgan fingerprint density at radius 1 is 1.15 bits per heavy atom. The number of fused-ring (bicyclic) bond motifs is 1. The van der Waals surface area contributed by atoms with Crippen molar-refractivity contribution in [2.24, 2.45) is 17.8 Å². The van der Waals surface area contributed by atoms with E-state index in [-0.39, 0.29) is 11.6 Å². The van der Waals surface area contributed by atoms with Crippen molar-refractivity contribution in [2.75, 3.05) is 32.0 Å². The summed E-state index contributed by atoms with van der Waals surface area (Å²) in [5, 5.41) is 4.92. The Kier molecular flexibility index (Phi) is 5.49. The molecule has 2 aromatic rings. The molecule has 0 spiro atoms. The van der Waals surface area contributed by atoms with E-state index in [0.717, 1.165) is 38.5 Å². The predicted octanol–water partition coefficient (Wildman–Crippen LogP) is 3.75. The van der Waals surface area contributed by atoms with Crippen molar-refractivity contribution in [2.45, 2.75) is 57.2 Å². The third-order valence-electron chi connectivity index (χ3n) is 8.18. The highest BCUT2D eigenvalue weighted by atomic mass is 19.3. The normalized spacial score (nSPS) is 29.8. The molecule has 0 amide bonds. The third kappa shape index (κ3) is 4.10. The number of pyridine rings is 1. The summed E-state index contributed by atoms with van der Waals surface area (Å²) in [5.74, 6) is 2.50. The molecule has 0 bridgehead atoms. The van der Waals surface area contributed by atoms with Gasteiger partial charge in [-0.2, -0.15) is 13.9 Å². The van der Waals surface area contributed by atoms with E-state index in [4.69, 9.17) is 15.6 Å². The molecular weight excluding hydrogens is 428 g/mol. The van der Waals surface area contributed by atoms with Gasteiger partial charge in [-0.05, 0) is 55.6 Å². The van der Waals surface area contributed by atoms with E-state index in [1.807, 2.05) is 0 Å². The van der Waals surface area contributed by atoms with Crippen LogP contribution < -0.4 is 10.5 Å². The summed E-state index contributed by atoms with van der Waals surface area (Å²) in [6.45, 7) is 1.78. The van der Waals surface area contributed by atoms with E-state index in [9.17, 15) is 8.78 Å². The van der Waals surface area contributed by atoms with Crippen molar-refractivity contribution < 1.29 is 18.3 Å². The number of hydrogen-bond acceptors (Lipinski definition) is 6. The van der Waals surface area contributed by atoms with Crippen molar-refractivity contribution in [3.63, 3.8) is 0 Å². The van der Waals surface area contributed by atoms with E-state index in [1.165, 1.54) is 43.9 Å². The van der Waals surface area contributed by atoms with Crippen molar-refractivity contribution in [1.29, 1.82) is 0 Å². The van der Waals surface area contributed by atoms with Crippen LogP contribution in [0.4, 0.5) is 14.6 Å². The lowest BCUT2D eigenvalue weighted by molar-refractivity contribution is -0.0494. The number of hydrogen-bond donors (Lipinski definition) is 1. The summed E-state index contributed by atoms with van der Waals surface area (Å²) >= 11 is 0. The van der Waals surface area contributed by atoms with Gasteiger partial charge in [0.25, 0.3) is 0 Å². The van der Waals surface area contributed by atoms with E-state index < -0.39 is 6.61 Å². The summed E-state index contributed by atoms with van der Waals surface area (Å²) in [5.41, 5.74) is 8.44. The summed E-state index contributed by atoms with van der Waals surface area (Å²) in [6.07, 6.45) is 7.88. The first-order valence-corrected chi connectivity index (χ1v) is 12.2. The van der Waals surface area contributed by atoms with E-state index in [2.05, 4.69) is 25.4 Å². The van der Waals surface area contributed by atoms with Gasteiger partial charge in [-0.15, -0.1) is 0 Å². The Labute approximate surface area is 192 Å². The Hall–Kier alpha value is -2.26. The number of anilines is 1. The largest absolute Gasteiger partial charge is 0.431 e. The summed E-state index contributed by atoms with van der Waals surface area (Å²) in [7, 11) is 0. The van der Waals surface area contributed by atoms with Gasteiger partial charge in [-0.25, -0.2) is 4.98 Å². The van der Waals surface area contributed by atoms with Crippen LogP contribution in [0.2, 0.25) is 0 Å². The average Bonchev–Trinajstić information content (AvgIpc) is 3.12. The van der Waals surface area contributed by atoms with E-state index >= 15 is 0 Å². The topological polar surface area (TPSA) is 78.4 Å². The molecular formula is C24H31F2N5O2. The molecule has 3 heterocycles. The Bertz CT molecular complexity index is 993.